The highest BCUT2D eigenvalue weighted by Crippen LogP contribution is 2.31. The second-order valence-electron chi connectivity index (χ2n) is 7.01. The highest BCUT2D eigenvalue weighted by Gasteiger charge is 2.35. The molecule has 0 spiro atoms. The Kier molecular flexibility index (Phi) is 9.24. The van der Waals surface area contributed by atoms with Gasteiger partial charge in [-0.1, -0.05) is 13.2 Å². The number of rotatable bonds is 12. The molecule has 12 heteroatoms. The lowest BCUT2D eigenvalue weighted by atomic mass is 9.84. The number of carboxylic acid groups (broad SMARTS) is 4. The van der Waals surface area contributed by atoms with Gasteiger partial charge in [0.05, 0.1) is 35.5 Å². The Labute approximate surface area is 192 Å². The van der Waals surface area contributed by atoms with E-state index in [0.717, 1.165) is 0 Å². The van der Waals surface area contributed by atoms with Gasteiger partial charge in [-0.2, -0.15) is 0 Å². The number of aromatic carboxylic acids is 4. The summed E-state index contributed by atoms with van der Waals surface area (Å²) < 4.78 is 9.67. The van der Waals surface area contributed by atoms with Crippen LogP contribution in [0.25, 0.3) is 0 Å². The summed E-state index contributed by atoms with van der Waals surface area (Å²) in [5.41, 5.74) is -5.27. The van der Waals surface area contributed by atoms with Gasteiger partial charge in [-0.3, -0.25) is 0 Å². The van der Waals surface area contributed by atoms with Crippen molar-refractivity contribution in [2.75, 3.05) is 13.2 Å². The molecule has 0 atom stereocenters. The van der Waals surface area contributed by atoms with Gasteiger partial charge >= 0.3 is 35.8 Å². The molecule has 1 aromatic rings. The first kappa shape index (κ1) is 27.6. The Morgan fingerprint density at radius 1 is 0.588 bits per heavy atom. The average Bonchev–Trinajstić information content (AvgIpc) is 2.71. The lowest BCUT2D eigenvalue weighted by Crippen LogP contribution is -2.26. The Hall–Kier alpha value is -4.48. The predicted octanol–water partition coefficient (Wildman–Crippen LogP) is 1.80. The first-order valence-corrected chi connectivity index (χ1v) is 9.52. The van der Waals surface area contributed by atoms with Crippen molar-refractivity contribution in [3.05, 3.63) is 57.7 Å². The van der Waals surface area contributed by atoms with E-state index in [2.05, 4.69) is 13.2 Å². The van der Waals surface area contributed by atoms with Gasteiger partial charge in [-0.05, 0) is 25.0 Å². The summed E-state index contributed by atoms with van der Waals surface area (Å²) in [7, 11) is 0. The normalized spacial score (nSPS) is 10.2. The van der Waals surface area contributed by atoms with Crippen LogP contribution in [-0.4, -0.2) is 69.5 Å². The van der Waals surface area contributed by atoms with Crippen LogP contribution in [0.15, 0.2) is 24.3 Å². The van der Waals surface area contributed by atoms with Crippen LogP contribution in [0.1, 0.15) is 66.4 Å². The highest BCUT2D eigenvalue weighted by atomic mass is 16.5. The minimum Gasteiger partial charge on any atom is -0.478 e. The quantitative estimate of drug-likeness (QED) is 0.251. The van der Waals surface area contributed by atoms with Gasteiger partial charge in [-0.25, -0.2) is 28.8 Å². The summed E-state index contributed by atoms with van der Waals surface area (Å²) in [6.45, 7) is 8.19. The molecule has 1 aromatic carbocycles. The van der Waals surface area contributed by atoms with Crippen LogP contribution in [0.5, 0.6) is 0 Å². The van der Waals surface area contributed by atoms with E-state index in [1.807, 2.05) is 0 Å². The van der Waals surface area contributed by atoms with Gasteiger partial charge in [0, 0.05) is 24.0 Å². The molecule has 0 aliphatic rings. The third-order valence-electron chi connectivity index (χ3n) is 4.43. The molecule has 0 bridgehead atoms. The maximum Gasteiger partial charge on any atom is 0.336 e. The second kappa shape index (κ2) is 11.4. The molecule has 0 heterocycles. The van der Waals surface area contributed by atoms with Crippen molar-refractivity contribution in [3.63, 3.8) is 0 Å². The van der Waals surface area contributed by atoms with Crippen molar-refractivity contribution < 1.29 is 58.7 Å². The maximum absolute atomic E-state index is 12.0. The summed E-state index contributed by atoms with van der Waals surface area (Å²) in [5, 5.41) is 38.9. The Morgan fingerprint density at radius 3 is 1.00 bits per heavy atom. The van der Waals surface area contributed by atoms with E-state index in [-0.39, 0.29) is 11.1 Å². The molecule has 0 saturated heterocycles. The van der Waals surface area contributed by atoms with E-state index in [4.69, 9.17) is 9.47 Å². The second-order valence-corrected chi connectivity index (χ2v) is 7.01. The molecule has 0 aliphatic heterocycles. The summed E-state index contributed by atoms with van der Waals surface area (Å²) in [4.78, 5) is 71.2. The number of carboxylic acids is 4. The molecule has 12 nitrogen and oxygen atoms in total. The van der Waals surface area contributed by atoms with Crippen molar-refractivity contribution in [3.8, 4) is 0 Å². The van der Waals surface area contributed by atoms with Gasteiger partial charge in [-0.15, -0.1) is 0 Å². The first-order chi connectivity index (χ1) is 15.7. The Balaban J connectivity index is 3.84. The standard InChI is InChI=1S/C22H22O12/c1-9(2)21(31)33-7-5-11-13(17(23)24)15(19(27)28)12(6-8-34-22(32)10(3)4)16(20(29)30)14(11)18(25)26/h1,3,5-8H2,2,4H3,(H,23,24)(H,25,26)(H,27,28)(H,29,30). The molecule has 0 amide bonds. The van der Waals surface area contributed by atoms with Gasteiger partial charge in [0.2, 0.25) is 0 Å². The van der Waals surface area contributed by atoms with Crippen molar-refractivity contribution in [1.29, 1.82) is 0 Å². The van der Waals surface area contributed by atoms with Gasteiger partial charge in [0.15, 0.2) is 0 Å². The third kappa shape index (κ3) is 6.28. The van der Waals surface area contributed by atoms with Crippen LogP contribution in [0.2, 0.25) is 0 Å². The van der Waals surface area contributed by atoms with Crippen LogP contribution >= 0.6 is 0 Å². The number of benzene rings is 1. The molecule has 1 rings (SSSR count). The van der Waals surface area contributed by atoms with Crippen LogP contribution in [0.3, 0.4) is 0 Å². The van der Waals surface area contributed by atoms with Gasteiger partial charge in [0.1, 0.15) is 0 Å². The molecule has 0 fully saturated rings. The summed E-state index contributed by atoms with van der Waals surface area (Å²) in [5.74, 6) is -9.14. The number of carbonyl (C=O) groups is 6. The number of esters is 2. The smallest absolute Gasteiger partial charge is 0.336 e. The van der Waals surface area contributed by atoms with Crippen molar-refractivity contribution >= 4 is 35.8 Å². The molecule has 4 N–H and O–H groups in total. The lowest BCUT2D eigenvalue weighted by molar-refractivity contribution is -0.139. The van der Waals surface area contributed by atoms with Crippen molar-refractivity contribution in [2.24, 2.45) is 0 Å². The summed E-state index contributed by atoms with van der Waals surface area (Å²) in [6, 6.07) is 0. The molecule has 0 radical (unpaired) electrons. The highest BCUT2D eigenvalue weighted by molar-refractivity contribution is 6.12. The average molecular weight is 478 g/mol. The fourth-order valence-corrected chi connectivity index (χ4v) is 3.04. The Morgan fingerprint density at radius 2 is 0.824 bits per heavy atom. The van der Waals surface area contributed by atoms with E-state index < -0.39 is 95.3 Å². The zero-order valence-electron chi connectivity index (χ0n) is 18.3. The monoisotopic (exact) mass is 478 g/mol. The number of hydrogen-bond donors (Lipinski definition) is 4. The molecular formula is C22H22O12. The molecule has 0 unspecified atom stereocenters. The first-order valence-electron chi connectivity index (χ1n) is 9.52. The number of ether oxygens (including phenoxy) is 2. The van der Waals surface area contributed by atoms with E-state index in [1.54, 1.807) is 0 Å². The third-order valence-corrected chi connectivity index (χ3v) is 4.43. The fraction of sp³-hybridized carbons (Fsp3) is 0.273. The van der Waals surface area contributed by atoms with Gasteiger partial charge in [0.25, 0.3) is 0 Å². The lowest BCUT2D eigenvalue weighted by Gasteiger charge is -2.20. The van der Waals surface area contributed by atoms with E-state index in [0.29, 0.717) is 0 Å². The largest absolute Gasteiger partial charge is 0.478 e. The summed E-state index contributed by atoms with van der Waals surface area (Å²) in [6.07, 6.45) is -1.23. The van der Waals surface area contributed by atoms with Gasteiger partial charge < -0.3 is 29.9 Å². The minimum absolute atomic E-state index is 0.00554. The molecule has 0 aliphatic carbocycles. The van der Waals surface area contributed by atoms with E-state index >= 15 is 0 Å². The van der Waals surface area contributed by atoms with Crippen molar-refractivity contribution in [1.82, 2.24) is 0 Å². The number of carbonyl (C=O) groups excluding carboxylic acids is 2. The van der Waals surface area contributed by atoms with E-state index in [9.17, 15) is 49.2 Å². The molecule has 182 valence electrons. The predicted molar refractivity (Wildman–Crippen MR) is 113 cm³/mol. The van der Waals surface area contributed by atoms with Crippen molar-refractivity contribution in [2.45, 2.75) is 26.7 Å². The zero-order chi connectivity index (χ0) is 26.3. The Bertz CT molecular complexity index is 969. The molecule has 0 saturated carbocycles. The van der Waals surface area contributed by atoms with E-state index in [1.165, 1.54) is 13.8 Å². The number of hydrogen-bond acceptors (Lipinski definition) is 8. The zero-order valence-corrected chi connectivity index (χ0v) is 18.3. The topological polar surface area (TPSA) is 202 Å². The minimum atomic E-state index is -1.85. The maximum atomic E-state index is 12.0. The molecule has 34 heavy (non-hydrogen) atoms. The molecular weight excluding hydrogens is 456 g/mol. The summed E-state index contributed by atoms with van der Waals surface area (Å²) >= 11 is 0. The fourth-order valence-electron chi connectivity index (χ4n) is 3.04. The van der Waals surface area contributed by atoms with Crippen LogP contribution in [0.4, 0.5) is 0 Å². The van der Waals surface area contributed by atoms with Crippen LogP contribution in [0, 0.1) is 0 Å². The molecule has 0 aromatic heterocycles. The van der Waals surface area contributed by atoms with Crippen LogP contribution in [-0.2, 0) is 31.9 Å². The SMILES string of the molecule is C=C(C)C(=O)OCCc1c(C(=O)O)c(C(=O)O)c(CCOC(=O)C(=C)C)c(C(=O)O)c1C(=O)O. The van der Waals surface area contributed by atoms with Crippen LogP contribution < -0.4 is 0 Å².